The Balaban J connectivity index is 1.93. The van der Waals surface area contributed by atoms with Gasteiger partial charge in [-0.1, -0.05) is 35.9 Å². The Kier molecular flexibility index (Phi) is 5.27. The third-order valence-electron chi connectivity index (χ3n) is 4.11. The Labute approximate surface area is 152 Å². The quantitative estimate of drug-likeness (QED) is 0.770. The molecular weight excluding hydrogens is 326 g/mol. The van der Waals surface area contributed by atoms with Crippen LogP contribution in [0.15, 0.2) is 65.6 Å². The van der Waals surface area contributed by atoms with E-state index in [0.29, 0.717) is 13.1 Å². The fourth-order valence-corrected chi connectivity index (χ4v) is 2.83. The van der Waals surface area contributed by atoms with Crippen molar-refractivity contribution in [3.63, 3.8) is 0 Å². The lowest BCUT2D eigenvalue weighted by Crippen LogP contribution is -2.34. The molecule has 0 spiro atoms. The van der Waals surface area contributed by atoms with Crippen LogP contribution >= 0.6 is 0 Å². The molecule has 5 nitrogen and oxygen atoms in total. The number of benzene rings is 1. The number of aromatic amines is 1. The number of aromatic nitrogens is 2. The lowest BCUT2D eigenvalue weighted by atomic mass is 10.1. The van der Waals surface area contributed by atoms with E-state index in [1.807, 2.05) is 49.4 Å². The number of amides is 1. The van der Waals surface area contributed by atoms with Crippen LogP contribution in [-0.2, 0) is 13.1 Å². The highest BCUT2D eigenvalue weighted by atomic mass is 16.2. The summed E-state index contributed by atoms with van der Waals surface area (Å²) in [4.78, 5) is 33.9. The zero-order valence-corrected chi connectivity index (χ0v) is 14.9. The minimum atomic E-state index is -0.370. The molecule has 3 rings (SSSR count). The number of carbonyl (C=O) groups excluding carboxylic acids is 1. The lowest BCUT2D eigenvalue weighted by Gasteiger charge is -2.22. The number of pyridine rings is 2. The number of H-pyrrole nitrogens is 1. The molecule has 0 aliphatic heterocycles. The molecule has 2 aromatic heterocycles. The maximum Gasteiger partial charge on any atom is 0.260 e. The molecule has 0 radical (unpaired) electrons. The third-order valence-corrected chi connectivity index (χ3v) is 4.11. The number of hydrogen-bond donors (Lipinski definition) is 1. The molecule has 1 amide bonds. The Morgan fingerprint density at radius 1 is 1.04 bits per heavy atom. The maximum absolute atomic E-state index is 13.0. The van der Waals surface area contributed by atoms with E-state index in [4.69, 9.17) is 0 Å². The van der Waals surface area contributed by atoms with Crippen LogP contribution in [0.3, 0.4) is 0 Å². The number of nitrogens with zero attached hydrogens (tertiary/aromatic N) is 2. The summed E-state index contributed by atoms with van der Waals surface area (Å²) in [6, 6.07) is 16.9. The average molecular weight is 347 g/mol. The largest absolute Gasteiger partial charge is 0.328 e. The first-order valence-corrected chi connectivity index (χ1v) is 8.47. The van der Waals surface area contributed by atoms with Crippen molar-refractivity contribution in [1.82, 2.24) is 14.9 Å². The summed E-state index contributed by atoms with van der Waals surface area (Å²) in [6.07, 6.45) is 1.70. The van der Waals surface area contributed by atoms with Crippen molar-refractivity contribution in [2.24, 2.45) is 0 Å². The molecule has 132 valence electrons. The van der Waals surface area contributed by atoms with E-state index in [0.717, 1.165) is 22.5 Å². The van der Waals surface area contributed by atoms with E-state index in [-0.39, 0.29) is 17.0 Å². The molecule has 26 heavy (non-hydrogen) atoms. The highest BCUT2D eigenvalue weighted by molar-refractivity contribution is 5.93. The normalized spacial score (nSPS) is 10.5. The topological polar surface area (TPSA) is 66.1 Å². The second-order valence-corrected chi connectivity index (χ2v) is 6.36. The highest BCUT2D eigenvalue weighted by Gasteiger charge is 2.20. The summed E-state index contributed by atoms with van der Waals surface area (Å²) in [5.41, 5.74) is 3.40. The smallest absolute Gasteiger partial charge is 0.260 e. The van der Waals surface area contributed by atoms with Gasteiger partial charge in [-0.05, 0) is 43.7 Å². The number of hydrogen-bond acceptors (Lipinski definition) is 3. The molecule has 0 aliphatic carbocycles. The molecule has 5 heteroatoms. The van der Waals surface area contributed by atoms with Crippen LogP contribution in [-0.4, -0.2) is 20.8 Å². The zero-order chi connectivity index (χ0) is 18.5. The van der Waals surface area contributed by atoms with Crippen molar-refractivity contribution in [3.8, 4) is 0 Å². The predicted molar refractivity (Wildman–Crippen MR) is 101 cm³/mol. The van der Waals surface area contributed by atoms with Crippen LogP contribution in [0.25, 0.3) is 0 Å². The van der Waals surface area contributed by atoms with Gasteiger partial charge < -0.3 is 9.88 Å². The summed E-state index contributed by atoms with van der Waals surface area (Å²) in [7, 11) is 0. The van der Waals surface area contributed by atoms with Gasteiger partial charge in [-0.15, -0.1) is 0 Å². The fourth-order valence-electron chi connectivity index (χ4n) is 2.83. The van der Waals surface area contributed by atoms with Gasteiger partial charge in [0.1, 0.15) is 5.56 Å². The Morgan fingerprint density at radius 2 is 1.88 bits per heavy atom. The Morgan fingerprint density at radius 3 is 2.58 bits per heavy atom. The summed E-state index contributed by atoms with van der Waals surface area (Å²) in [5.74, 6) is -0.307. The Bertz CT molecular complexity index is 964. The summed E-state index contributed by atoms with van der Waals surface area (Å²) in [6.45, 7) is 4.54. The minimum Gasteiger partial charge on any atom is -0.328 e. The second kappa shape index (κ2) is 7.78. The van der Waals surface area contributed by atoms with Gasteiger partial charge in [0.2, 0.25) is 0 Å². The monoisotopic (exact) mass is 347 g/mol. The molecule has 3 aromatic rings. The molecule has 0 saturated heterocycles. The minimum absolute atomic E-state index is 0.138. The van der Waals surface area contributed by atoms with Crippen LogP contribution in [0.4, 0.5) is 0 Å². The van der Waals surface area contributed by atoms with Crippen LogP contribution in [0.2, 0.25) is 0 Å². The fraction of sp³-hybridized carbons (Fsp3) is 0.190. The van der Waals surface area contributed by atoms with Crippen molar-refractivity contribution >= 4 is 5.91 Å². The summed E-state index contributed by atoms with van der Waals surface area (Å²) < 4.78 is 0. The van der Waals surface area contributed by atoms with Gasteiger partial charge in [-0.3, -0.25) is 14.6 Å². The van der Waals surface area contributed by atoms with Crippen molar-refractivity contribution in [1.29, 1.82) is 0 Å². The van der Waals surface area contributed by atoms with Gasteiger partial charge in [-0.2, -0.15) is 0 Å². The van der Waals surface area contributed by atoms with Crippen molar-refractivity contribution < 1.29 is 4.79 Å². The third kappa shape index (κ3) is 4.25. The SMILES string of the molecule is Cc1cccc(CN(Cc2ccccn2)C(=O)c2ccc(C)[nH]c2=O)c1. The van der Waals surface area contributed by atoms with Gasteiger partial charge in [0, 0.05) is 18.4 Å². The summed E-state index contributed by atoms with van der Waals surface area (Å²) >= 11 is 0. The molecule has 0 fully saturated rings. The number of aryl methyl sites for hydroxylation is 2. The predicted octanol–water partition coefficient (Wildman–Crippen LogP) is 3.23. The molecule has 0 saturated carbocycles. The molecule has 0 unspecified atom stereocenters. The molecule has 1 aromatic carbocycles. The van der Waals surface area contributed by atoms with E-state index in [1.54, 1.807) is 30.2 Å². The lowest BCUT2D eigenvalue weighted by molar-refractivity contribution is 0.0726. The number of nitrogens with one attached hydrogen (secondary N) is 1. The van der Waals surface area contributed by atoms with Crippen LogP contribution in [0.1, 0.15) is 32.9 Å². The highest BCUT2D eigenvalue weighted by Crippen LogP contribution is 2.13. The van der Waals surface area contributed by atoms with Crippen LogP contribution < -0.4 is 5.56 Å². The molecule has 0 bridgehead atoms. The van der Waals surface area contributed by atoms with Crippen molar-refractivity contribution in [3.05, 3.63) is 99.2 Å². The van der Waals surface area contributed by atoms with Crippen molar-refractivity contribution in [2.75, 3.05) is 0 Å². The standard InChI is InChI=1S/C21H21N3O2/c1-15-6-5-7-17(12-15)13-24(14-18-8-3-4-11-22-18)21(26)19-10-9-16(2)23-20(19)25/h3-12H,13-14H2,1-2H3,(H,23,25). The number of carbonyl (C=O) groups is 1. The average Bonchev–Trinajstić information content (AvgIpc) is 2.62. The van der Waals surface area contributed by atoms with E-state index in [9.17, 15) is 9.59 Å². The van der Waals surface area contributed by atoms with E-state index >= 15 is 0 Å². The van der Waals surface area contributed by atoms with Gasteiger partial charge in [0.25, 0.3) is 11.5 Å². The van der Waals surface area contributed by atoms with E-state index in [2.05, 4.69) is 9.97 Å². The summed E-state index contributed by atoms with van der Waals surface area (Å²) in [5, 5.41) is 0. The first kappa shape index (κ1) is 17.6. The van der Waals surface area contributed by atoms with E-state index < -0.39 is 0 Å². The maximum atomic E-state index is 13.0. The molecule has 0 aliphatic rings. The molecule has 2 heterocycles. The van der Waals surface area contributed by atoms with Gasteiger partial charge in [-0.25, -0.2) is 0 Å². The van der Waals surface area contributed by atoms with Gasteiger partial charge in [0.05, 0.1) is 12.2 Å². The van der Waals surface area contributed by atoms with Gasteiger partial charge >= 0.3 is 0 Å². The van der Waals surface area contributed by atoms with E-state index in [1.165, 1.54) is 0 Å². The van der Waals surface area contributed by atoms with Gasteiger partial charge in [0.15, 0.2) is 0 Å². The van der Waals surface area contributed by atoms with Crippen LogP contribution in [0, 0.1) is 13.8 Å². The molecular formula is C21H21N3O2. The number of rotatable bonds is 5. The molecule has 1 N–H and O–H groups in total. The second-order valence-electron chi connectivity index (χ2n) is 6.36. The van der Waals surface area contributed by atoms with Crippen molar-refractivity contribution in [2.45, 2.75) is 26.9 Å². The molecule has 0 atom stereocenters. The van der Waals surface area contributed by atoms with Crippen LogP contribution in [0.5, 0.6) is 0 Å². The zero-order valence-electron chi connectivity index (χ0n) is 14.9. The Hall–Kier alpha value is -3.21. The first-order chi connectivity index (χ1) is 12.5. The first-order valence-electron chi connectivity index (χ1n) is 8.47.